The lowest BCUT2D eigenvalue weighted by atomic mass is 9.95. The number of aryl methyl sites for hydroxylation is 2. The smallest absolute Gasteiger partial charge is 0.239 e. The van der Waals surface area contributed by atoms with E-state index in [1.807, 2.05) is 13.0 Å². The molecule has 32 heavy (non-hydrogen) atoms. The van der Waals surface area contributed by atoms with Gasteiger partial charge in [0.15, 0.2) is 16.9 Å². The summed E-state index contributed by atoms with van der Waals surface area (Å²) in [5, 5.41) is 15.9. The van der Waals surface area contributed by atoms with Crippen LogP contribution in [0.15, 0.2) is 29.1 Å². The van der Waals surface area contributed by atoms with Crippen LogP contribution in [0.1, 0.15) is 43.0 Å². The van der Waals surface area contributed by atoms with Crippen molar-refractivity contribution in [2.45, 2.75) is 39.2 Å². The van der Waals surface area contributed by atoms with E-state index < -0.39 is 6.04 Å². The Balaban J connectivity index is 2.23. The number of hydrogen-bond acceptors (Lipinski definition) is 6. The Morgan fingerprint density at radius 3 is 2.50 bits per heavy atom. The molecule has 0 saturated carbocycles. The highest BCUT2D eigenvalue weighted by atomic mass is 16.5. The van der Waals surface area contributed by atoms with Crippen molar-refractivity contribution in [1.82, 2.24) is 10.6 Å². The second-order valence-electron chi connectivity index (χ2n) is 7.65. The molecule has 1 unspecified atom stereocenters. The molecule has 0 radical (unpaired) electrons. The number of ether oxygens (including phenoxy) is 2. The summed E-state index contributed by atoms with van der Waals surface area (Å²) in [5.74, 6) is -0.136. The average Bonchev–Trinajstić information content (AvgIpc) is 3.00. The largest absolute Gasteiger partial charge is 0.504 e. The molecule has 0 saturated heterocycles. The van der Waals surface area contributed by atoms with E-state index >= 15 is 0 Å². The topological polar surface area (TPSA) is 114 Å². The van der Waals surface area contributed by atoms with Gasteiger partial charge in [-0.1, -0.05) is 19.1 Å². The molecule has 3 rings (SSSR count). The molecular weight excluding hydrogens is 412 g/mol. The highest BCUT2D eigenvalue weighted by molar-refractivity contribution is 5.85. The van der Waals surface area contributed by atoms with Crippen LogP contribution in [0.4, 0.5) is 0 Å². The van der Waals surface area contributed by atoms with Gasteiger partial charge in [0.25, 0.3) is 0 Å². The third kappa shape index (κ3) is 4.54. The van der Waals surface area contributed by atoms with Crippen LogP contribution in [-0.4, -0.2) is 37.7 Å². The minimum Gasteiger partial charge on any atom is -0.504 e. The summed E-state index contributed by atoms with van der Waals surface area (Å²) in [6.45, 7) is 3.09. The average molecular weight is 440 g/mol. The van der Waals surface area contributed by atoms with Crippen LogP contribution in [0.3, 0.4) is 0 Å². The SMILES string of the molecule is CCc1ccc2c(cc1=O)C(NC(=O)CNC(C)=O)CCc1cc(O)c(OC)c(OC)c1-2. The van der Waals surface area contributed by atoms with Gasteiger partial charge in [0.2, 0.25) is 17.6 Å². The fourth-order valence-corrected chi connectivity index (χ4v) is 4.10. The lowest BCUT2D eigenvalue weighted by Crippen LogP contribution is -2.38. The molecule has 0 aliphatic heterocycles. The van der Waals surface area contributed by atoms with E-state index in [-0.39, 0.29) is 35.3 Å². The minimum atomic E-state index is -0.471. The lowest BCUT2D eigenvalue weighted by Gasteiger charge is -2.19. The molecule has 0 spiro atoms. The zero-order valence-corrected chi connectivity index (χ0v) is 18.7. The molecule has 3 N–H and O–H groups in total. The Morgan fingerprint density at radius 1 is 1.16 bits per heavy atom. The molecule has 0 bridgehead atoms. The molecule has 170 valence electrons. The molecular formula is C24H28N2O6. The van der Waals surface area contributed by atoms with E-state index in [9.17, 15) is 19.5 Å². The van der Waals surface area contributed by atoms with E-state index in [1.165, 1.54) is 21.1 Å². The number of phenolic OH excluding ortho intramolecular Hbond substituents is 1. The van der Waals surface area contributed by atoms with Gasteiger partial charge >= 0.3 is 0 Å². The summed E-state index contributed by atoms with van der Waals surface area (Å²) >= 11 is 0. The number of hydrogen-bond donors (Lipinski definition) is 3. The Bertz CT molecular complexity index is 1110. The van der Waals surface area contributed by atoms with Gasteiger partial charge in [-0.25, -0.2) is 0 Å². The summed E-state index contributed by atoms with van der Waals surface area (Å²) in [5.41, 5.74) is 3.42. The Kier molecular flexibility index (Phi) is 7.02. The van der Waals surface area contributed by atoms with E-state index in [2.05, 4.69) is 10.6 Å². The standard InChI is InChI=1S/C24H28N2O6/c1-5-14-6-8-16-17(11-19(14)28)18(26-21(30)12-25-13(2)27)9-7-15-10-20(29)23(31-3)24(32-4)22(15)16/h6,8,10-11,18,29H,5,7,9,12H2,1-4H3,(H,25,27)(H,26,30). The zero-order valence-electron chi connectivity index (χ0n) is 18.7. The van der Waals surface area contributed by atoms with Gasteiger partial charge in [-0.05, 0) is 53.6 Å². The summed E-state index contributed by atoms with van der Waals surface area (Å²) in [6.07, 6.45) is 1.57. The molecule has 2 aromatic carbocycles. The monoisotopic (exact) mass is 440 g/mol. The summed E-state index contributed by atoms with van der Waals surface area (Å²) < 4.78 is 11.0. The minimum absolute atomic E-state index is 0.0446. The van der Waals surface area contributed by atoms with Gasteiger partial charge in [0.1, 0.15) is 0 Å². The number of benzene rings is 1. The van der Waals surface area contributed by atoms with Crippen molar-refractivity contribution in [2.24, 2.45) is 0 Å². The number of rotatable bonds is 6. The van der Waals surface area contributed by atoms with Gasteiger partial charge in [-0.2, -0.15) is 0 Å². The molecule has 2 amide bonds. The highest BCUT2D eigenvalue weighted by Crippen LogP contribution is 2.49. The van der Waals surface area contributed by atoms with E-state index in [1.54, 1.807) is 18.2 Å². The maximum atomic E-state index is 12.9. The quantitative estimate of drug-likeness (QED) is 0.635. The van der Waals surface area contributed by atoms with Crippen LogP contribution in [0.2, 0.25) is 0 Å². The number of fused-ring (bicyclic) bond motifs is 3. The van der Waals surface area contributed by atoms with Gasteiger partial charge in [0, 0.05) is 12.5 Å². The second kappa shape index (κ2) is 9.72. The van der Waals surface area contributed by atoms with E-state index in [0.717, 1.165) is 5.56 Å². The van der Waals surface area contributed by atoms with Crippen LogP contribution in [0.5, 0.6) is 17.2 Å². The first-order valence-corrected chi connectivity index (χ1v) is 10.5. The first-order valence-electron chi connectivity index (χ1n) is 10.5. The van der Waals surface area contributed by atoms with E-state index in [4.69, 9.17) is 9.47 Å². The molecule has 1 atom stereocenters. The molecule has 1 aliphatic carbocycles. The van der Waals surface area contributed by atoms with Crippen molar-refractivity contribution in [3.05, 3.63) is 51.2 Å². The van der Waals surface area contributed by atoms with Crippen molar-refractivity contribution < 1.29 is 24.2 Å². The molecule has 0 aromatic heterocycles. The highest BCUT2D eigenvalue weighted by Gasteiger charge is 2.29. The fourth-order valence-electron chi connectivity index (χ4n) is 4.10. The van der Waals surface area contributed by atoms with Crippen molar-refractivity contribution >= 4 is 11.8 Å². The van der Waals surface area contributed by atoms with Crippen LogP contribution in [-0.2, 0) is 22.4 Å². The summed E-state index contributed by atoms with van der Waals surface area (Å²) in [6, 6.07) is 6.36. The molecule has 8 heteroatoms. The Morgan fingerprint density at radius 2 is 1.88 bits per heavy atom. The van der Waals surface area contributed by atoms with Crippen LogP contribution >= 0.6 is 0 Å². The van der Waals surface area contributed by atoms with Crippen molar-refractivity contribution in [3.8, 4) is 28.4 Å². The first kappa shape index (κ1) is 23.1. The maximum absolute atomic E-state index is 12.9. The van der Waals surface area contributed by atoms with Gasteiger partial charge in [-0.15, -0.1) is 0 Å². The number of methoxy groups -OCH3 is 2. The normalized spacial score (nSPS) is 14.4. The predicted molar refractivity (Wildman–Crippen MR) is 120 cm³/mol. The van der Waals surface area contributed by atoms with Crippen LogP contribution in [0.25, 0.3) is 11.1 Å². The molecule has 8 nitrogen and oxygen atoms in total. The fraction of sp³-hybridized carbons (Fsp3) is 0.375. The number of amides is 2. The lowest BCUT2D eigenvalue weighted by molar-refractivity contribution is -0.125. The van der Waals surface area contributed by atoms with Crippen molar-refractivity contribution in [1.29, 1.82) is 0 Å². The maximum Gasteiger partial charge on any atom is 0.239 e. The second-order valence-corrected chi connectivity index (χ2v) is 7.65. The third-order valence-corrected chi connectivity index (χ3v) is 5.63. The van der Waals surface area contributed by atoms with Crippen molar-refractivity contribution in [2.75, 3.05) is 20.8 Å². The molecule has 2 aromatic rings. The molecule has 1 aliphatic rings. The number of carbonyl (C=O) groups is 2. The van der Waals surface area contributed by atoms with E-state index in [0.29, 0.717) is 47.3 Å². The predicted octanol–water partition coefficient (Wildman–Crippen LogP) is 2.24. The van der Waals surface area contributed by atoms with Crippen molar-refractivity contribution in [3.63, 3.8) is 0 Å². The summed E-state index contributed by atoms with van der Waals surface area (Å²) in [7, 11) is 2.94. The molecule has 0 fully saturated rings. The number of nitrogens with one attached hydrogen (secondary N) is 2. The van der Waals surface area contributed by atoms with Crippen LogP contribution < -0.4 is 25.5 Å². The van der Waals surface area contributed by atoms with Gasteiger partial charge < -0.3 is 25.2 Å². The number of phenols is 1. The third-order valence-electron chi connectivity index (χ3n) is 5.63. The Hall–Kier alpha value is -3.55. The zero-order chi connectivity index (χ0) is 23.4. The first-order chi connectivity index (χ1) is 15.3. The van der Waals surface area contributed by atoms with Gasteiger partial charge in [-0.3, -0.25) is 14.4 Å². The molecule has 0 heterocycles. The summed E-state index contributed by atoms with van der Waals surface area (Å²) in [4.78, 5) is 36.5. The number of carbonyl (C=O) groups excluding carboxylic acids is 2. The Labute approximate surface area is 186 Å². The van der Waals surface area contributed by atoms with Crippen LogP contribution in [0, 0.1) is 0 Å². The van der Waals surface area contributed by atoms with Gasteiger partial charge in [0.05, 0.1) is 26.8 Å². The number of aromatic hydroxyl groups is 1.